The van der Waals surface area contributed by atoms with E-state index in [1.54, 1.807) is 0 Å². The van der Waals surface area contributed by atoms with E-state index in [1.807, 2.05) is 30.8 Å². The number of urea groups is 1. The lowest BCUT2D eigenvalue weighted by atomic mass is 10.1. The second-order valence-electron chi connectivity index (χ2n) is 5.81. The van der Waals surface area contributed by atoms with Crippen molar-refractivity contribution in [1.82, 2.24) is 10.2 Å². The van der Waals surface area contributed by atoms with E-state index in [1.165, 1.54) is 30.2 Å². The third-order valence-corrected chi connectivity index (χ3v) is 4.96. The van der Waals surface area contributed by atoms with E-state index < -0.39 is 0 Å². The molecule has 1 aliphatic rings. The molecule has 1 heterocycles. The van der Waals surface area contributed by atoms with Crippen molar-refractivity contribution in [2.45, 2.75) is 32.7 Å². The molecule has 1 aromatic carbocycles. The van der Waals surface area contributed by atoms with Crippen LogP contribution in [0.3, 0.4) is 0 Å². The molecule has 2 N–H and O–H groups in total. The Morgan fingerprint density at radius 2 is 1.95 bits per heavy atom. The molecule has 1 aliphatic heterocycles. The first kappa shape index (κ1) is 17.2. The van der Waals surface area contributed by atoms with E-state index in [-0.39, 0.29) is 12.1 Å². The lowest BCUT2D eigenvalue weighted by Crippen LogP contribution is -2.35. The SMILES string of the molecule is CCC(C)NC(=O)Nc1ccc(CCN2CCSCC2)cc1. The minimum atomic E-state index is -0.132. The van der Waals surface area contributed by atoms with Crippen molar-refractivity contribution in [3.63, 3.8) is 0 Å². The van der Waals surface area contributed by atoms with Gasteiger partial charge in [-0.2, -0.15) is 11.8 Å². The molecule has 0 aliphatic carbocycles. The number of hydrogen-bond donors (Lipinski definition) is 2. The summed E-state index contributed by atoms with van der Waals surface area (Å²) in [5.41, 5.74) is 2.17. The normalized spacial score (nSPS) is 17.0. The van der Waals surface area contributed by atoms with Gasteiger partial charge in [-0.25, -0.2) is 4.79 Å². The summed E-state index contributed by atoms with van der Waals surface area (Å²) in [7, 11) is 0. The second-order valence-corrected chi connectivity index (χ2v) is 7.03. The molecule has 0 spiro atoms. The first-order valence-electron chi connectivity index (χ1n) is 8.14. The Hall–Kier alpha value is -1.20. The van der Waals surface area contributed by atoms with Gasteiger partial charge in [0.1, 0.15) is 0 Å². The van der Waals surface area contributed by atoms with Gasteiger partial charge in [-0.3, -0.25) is 0 Å². The number of nitrogens with zero attached hydrogens (tertiary/aromatic N) is 1. The molecule has 0 bridgehead atoms. The van der Waals surface area contributed by atoms with Crippen LogP contribution in [0.15, 0.2) is 24.3 Å². The molecule has 1 saturated heterocycles. The van der Waals surface area contributed by atoms with Crippen LogP contribution >= 0.6 is 11.8 Å². The van der Waals surface area contributed by atoms with Gasteiger partial charge in [0.2, 0.25) is 0 Å². The summed E-state index contributed by atoms with van der Waals surface area (Å²) in [5, 5.41) is 5.78. The van der Waals surface area contributed by atoms with E-state index >= 15 is 0 Å². The number of hydrogen-bond acceptors (Lipinski definition) is 3. The Bertz CT molecular complexity index is 457. The number of carbonyl (C=O) groups is 1. The topological polar surface area (TPSA) is 44.4 Å². The number of thioether (sulfide) groups is 1. The van der Waals surface area contributed by atoms with E-state index in [4.69, 9.17) is 0 Å². The van der Waals surface area contributed by atoms with E-state index in [2.05, 4.69) is 34.6 Å². The summed E-state index contributed by atoms with van der Waals surface area (Å²) in [5.74, 6) is 2.52. The lowest BCUT2D eigenvalue weighted by molar-refractivity contribution is 0.249. The first-order chi connectivity index (χ1) is 10.7. The van der Waals surface area contributed by atoms with Gasteiger partial charge in [0.15, 0.2) is 0 Å². The summed E-state index contributed by atoms with van der Waals surface area (Å²) in [6.07, 6.45) is 2.01. The summed E-state index contributed by atoms with van der Waals surface area (Å²) in [6, 6.07) is 8.25. The van der Waals surface area contributed by atoms with E-state index in [9.17, 15) is 4.79 Å². The van der Waals surface area contributed by atoms with Crippen LogP contribution in [0.4, 0.5) is 10.5 Å². The van der Waals surface area contributed by atoms with Crippen LogP contribution in [0.5, 0.6) is 0 Å². The van der Waals surface area contributed by atoms with Crippen molar-refractivity contribution in [3.8, 4) is 0 Å². The fourth-order valence-corrected chi connectivity index (χ4v) is 3.34. The van der Waals surface area contributed by atoms with Crippen molar-refractivity contribution in [2.24, 2.45) is 0 Å². The fourth-order valence-electron chi connectivity index (χ4n) is 2.36. The predicted molar refractivity (Wildman–Crippen MR) is 95.8 cm³/mol. The van der Waals surface area contributed by atoms with Crippen LogP contribution < -0.4 is 10.6 Å². The predicted octanol–water partition coefficient (Wildman–Crippen LogP) is 3.20. The van der Waals surface area contributed by atoms with Crippen LogP contribution in [0.25, 0.3) is 0 Å². The maximum absolute atomic E-state index is 11.8. The standard InChI is InChI=1S/C17H27N3OS/c1-3-14(2)18-17(21)19-16-6-4-15(5-7-16)8-9-20-10-12-22-13-11-20/h4-7,14H,3,8-13H2,1-2H3,(H2,18,19,21). The van der Waals surface area contributed by atoms with Crippen molar-refractivity contribution in [3.05, 3.63) is 29.8 Å². The molecule has 1 atom stereocenters. The first-order valence-corrected chi connectivity index (χ1v) is 9.29. The second kappa shape index (κ2) is 9.06. The molecule has 0 radical (unpaired) electrons. The van der Waals surface area contributed by atoms with Crippen LogP contribution in [-0.4, -0.2) is 48.1 Å². The number of benzene rings is 1. The molecule has 2 amide bonds. The van der Waals surface area contributed by atoms with Crippen molar-refractivity contribution in [2.75, 3.05) is 36.5 Å². The van der Waals surface area contributed by atoms with Crippen LogP contribution in [0.2, 0.25) is 0 Å². The summed E-state index contributed by atoms with van der Waals surface area (Å²) in [4.78, 5) is 14.3. The van der Waals surface area contributed by atoms with Gasteiger partial charge in [0, 0.05) is 42.9 Å². The zero-order valence-corrected chi connectivity index (χ0v) is 14.4. The monoisotopic (exact) mass is 321 g/mol. The third kappa shape index (κ3) is 5.89. The molecular formula is C17H27N3OS. The maximum Gasteiger partial charge on any atom is 0.319 e. The molecule has 2 rings (SSSR count). The Kier molecular flexibility index (Phi) is 7.06. The van der Waals surface area contributed by atoms with Crippen molar-refractivity contribution in [1.29, 1.82) is 0 Å². The zero-order valence-electron chi connectivity index (χ0n) is 13.6. The highest BCUT2D eigenvalue weighted by Gasteiger charge is 2.10. The molecule has 122 valence electrons. The van der Waals surface area contributed by atoms with Gasteiger partial charge >= 0.3 is 6.03 Å². The molecule has 1 aromatic rings. The highest BCUT2D eigenvalue weighted by atomic mass is 32.2. The highest BCUT2D eigenvalue weighted by Crippen LogP contribution is 2.13. The Balaban J connectivity index is 1.76. The molecule has 1 unspecified atom stereocenters. The van der Waals surface area contributed by atoms with Crippen LogP contribution in [0, 0.1) is 0 Å². The van der Waals surface area contributed by atoms with Gasteiger partial charge in [0.25, 0.3) is 0 Å². The molecule has 0 aromatic heterocycles. The van der Waals surface area contributed by atoms with E-state index in [0.29, 0.717) is 0 Å². The lowest BCUT2D eigenvalue weighted by Gasteiger charge is -2.26. The number of nitrogens with one attached hydrogen (secondary N) is 2. The minimum absolute atomic E-state index is 0.132. The molecule has 0 saturated carbocycles. The largest absolute Gasteiger partial charge is 0.335 e. The molecule has 22 heavy (non-hydrogen) atoms. The van der Waals surface area contributed by atoms with Gasteiger partial charge in [0.05, 0.1) is 0 Å². The Labute approximate surface area is 138 Å². The Morgan fingerprint density at radius 1 is 1.27 bits per heavy atom. The molecule has 4 nitrogen and oxygen atoms in total. The van der Waals surface area contributed by atoms with E-state index in [0.717, 1.165) is 25.1 Å². The summed E-state index contributed by atoms with van der Waals surface area (Å²) < 4.78 is 0. The maximum atomic E-state index is 11.8. The molecular weight excluding hydrogens is 294 g/mol. The third-order valence-electron chi connectivity index (χ3n) is 4.02. The average Bonchev–Trinajstić information content (AvgIpc) is 2.55. The molecule has 1 fully saturated rings. The molecule has 5 heteroatoms. The average molecular weight is 321 g/mol. The number of anilines is 1. The van der Waals surface area contributed by atoms with Crippen LogP contribution in [-0.2, 0) is 6.42 Å². The number of amides is 2. The number of rotatable bonds is 6. The van der Waals surface area contributed by atoms with Gasteiger partial charge < -0.3 is 15.5 Å². The van der Waals surface area contributed by atoms with Gasteiger partial charge in [-0.1, -0.05) is 19.1 Å². The van der Waals surface area contributed by atoms with Crippen molar-refractivity contribution < 1.29 is 4.79 Å². The quantitative estimate of drug-likeness (QED) is 0.846. The fraction of sp³-hybridized carbons (Fsp3) is 0.588. The van der Waals surface area contributed by atoms with Crippen molar-refractivity contribution >= 4 is 23.5 Å². The summed E-state index contributed by atoms with van der Waals surface area (Å²) >= 11 is 2.05. The summed E-state index contributed by atoms with van der Waals surface area (Å²) in [6.45, 7) is 7.60. The number of carbonyl (C=O) groups excluding carboxylic acids is 1. The Morgan fingerprint density at radius 3 is 2.59 bits per heavy atom. The van der Waals surface area contributed by atoms with Gasteiger partial charge in [-0.05, 0) is 37.5 Å². The van der Waals surface area contributed by atoms with Gasteiger partial charge in [-0.15, -0.1) is 0 Å². The minimum Gasteiger partial charge on any atom is -0.335 e. The highest BCUT2D eigenvalue weighted by molar-refractivity contribution is 7.99. The smallest absolute Gasteiger partial charge is 0.319 e. The zero-order chi connectivity index (χ0) is 15.8. The van der Waals surface area contributed by atoms with Crippen LogP contribution in [0.1, 0.15) is 25.8 Å².